The molecule has 6 nitrogen and oxygen atoms in total. The molecule has 2 aromatic rings. The van der Waals surface area contributed by atoms with Crippen molar-refractivity contribution >= 4 is 27.3 Å². The van der Waals surface area contributed by atoms with Crippen LogP contribution in [0.3, 0.4) is 0 Å². The molecule has 1 amide bonds. The summed E-state index contributed by atoms with van der Waals surface area (Å²) in [6, 6.07) is 14.9. The number of sulfonamides is 1. The van der Waals surface area contributed by atoms with Crippen molar-refractivity contribution in [1.82, 2.24) is 5.32 Å². The van der Waals surface area contributed by atoms with Gasteiger partial charge in [0.05, 0.1) is 11.9 Å². The minimum absolute atomic E-state index is 0.257. The lowest BCUT2D eigenvalue weighted by molar-refractivity contribution is -0.122. The van der Waals surface area contributed by atoms with Crippen molar-refractivity contribution in [3.8, 4) is 0 Å². The minimum Gasteiger partial charge on any atom is -0.371 e. The maximum absolute atomic E-state index is 12.9. The molecule has 1 heterocycles. The highest BCUT2D eigenvalue weighted by molar-refractivity contribution is 7.92. The summed E-state index contributed by atoms with van der Waals surface area (Å²) in [5.41, 5.74) is 4.22. The van der Waals surface area contributed by atoms with Crippen LogP contribution in [-0.2, 0) is 21.2 Å². The number of para-hydroxylation sites is 1. The van der Waals surface area contributed by atoms with Crippen LogP contribution in [0.25, 0.3) is 0 Å². The van der Waals surface area contributed by atoms with Crippen molar-refractivity contribution in [2.24, 2.45) is 0 Å². The summed E-state index contributed by atoms with van der Waals surface area (Å²) in [6.45, 7) is 6.18. The summed E-state index contributed by atoms with van der Waals surface area (Å²) in [5.74, 6) is -0.257. The first-order valence-electron chi connectivity index (χ1n) is 11.0. The van der Waals surface area contributed by atoms with Gasteiger partial charge in [-0.1, -0.05) is 42.8 Å². The predicted octanol–water partition coefficient (Wildman–Crippen LogP) is 3.50. The molecular weight excluding hydrogens is 410 g/mol. The highest BCUT2D eigenvalue weighted by Gasteiger charge is 2.31. The van der Waals surface area contributed by atoms with Crippen LogP contribution in [0.15, 0.2) is 48.5 Å². The predicted molar refractivity (Wildman–Crippen MR) is 127 cm³/mol. The Bertz CT molecular complexity index is 989. The monoisotopic (exact) mass is 443 g/mol. The van der Waals surface area contributed by atoms with E-state index >= 15 is 0 Å². The van der Waals surface area contributed by atoms with Crippen LogP contribution < -0.4 is 14.5 Å². The van der Waals surface area contributed by atoms with Crippen LogP contribution in [-0.4, -0.2) is 46.3 Å². The van der Waals surface area contributed by atoms with Gasteiger partial charge in [-0.25, -0.2) is 8.42 Å². The van der Waals surface area contributed by atoms with Crippen molar-refractivity contribution in [2.75, 3.05) is 35.1 Å². The van der Waals surface area contributed by atoms with Crippen LogP contribution in [0.2, 0.25) is 0 Å². The highest BCUT2D eigenvalue weighted by Crippen LogP contribution is 2.26. The Hall–Kier alpha value is -2.54. The molecule has 0 aliphatic carbocycles. The molecule has 7 heteroatoms. The number of rotatable bonds is 9. The Morgan fingerprint density at radius 1 is 1.16 bits per heavy atom. The third-order valence-corrected chi connectivity index (χ3v) is 6.91. The quantitative estimate of drug-likeness (QED) is 0.602. The summed E-state index contributed by atoms with van der Waals surface area (Å²) in [4.78, 5) is 15.3. The number of nitrogens with one attached hydrogen (secondary N) is 1. The summed E-state index contributed by atoms with van der Waals surface area (Å²) < 4.78 is 26.3. The van der Waals surface area contributed by atoms with Gasteiger partial charge in [0.2, 0.25) is 15.9 Å². The number of hydrogen-bond acceptors (Lipinski definition) is 4. The molecule has 1 aliphatic rings. The van der Waals surface area contributed by atoms with Gasteiger partial charge in [-0.3, -0.25) is 9.10 Å². The number of carbonyl (C=O) groups excluding carboxylic acids is 1. The smallest absolute Gasteiger partial charge is 0.243 e. The molecule has 1 aliphatic heterocycles. The molecule has 0 unspecified atom stereocenters. The lowest BCUT2D eigenvalue weighted by atomic mass is 10.0. The van der Waals surface area contributed by atoms with E-state index in [-0.39, 0.29) is 5.91 Å². The molecule has 0 bridgehead atoms. The Labute approximate surface area is 186 Å². The van der Waals surface area contributed by atoms with Crippen LogP contribution >= 0.6 is 0 Å². The van der Waals surface area contributed by atoms with E-state index in [9.17, 15) is 13.2 Å². The Balaban J connectivity index is 1.61. The second-order valence-corrected chi connectivity index (χ2v) is 10.0. The van der Waals surface area contributed by atoms with Gasteiger partial charge in [0, 0.05) is 25.3 Å². The van der Waals surface area contributed by atoms with Crippen molar-refractivity contribution in [3.63, 3.8) is 0 Å². The van der Waals surface area contributed by atoms with E-state index in [1.54, 1.807) is 12.1 Å². The number of amides is 1. The van der Waals surface area contributed by atoms with Crippen LogP contribution in [0.1, 0.15) is 37.3 Å². The summed E-state index contributed by atoms with van der Waals surface area (Å²) in [5, 5.41) is 2.96. The molecular formula is C24H33N3O3S. The second kappa shape index (κ2) is 10.2. The van der Waals surface area contributed by atoms with Crippen LogP contribution in [0.4, 0.5) is 11.4 Å². The van der Waals surface area contributed by atoms with E-state index in [2.05, 4.69) is 34.5 Å². The molecule has 31 heavy (non-hydrogen) atoms. The molecule has 1 N–H and O–H groups in total. The van der Waals surface area contributed by atoms with E-state index in [4.69, 9.17) is 0 Å². The fourth-order valence-corrected chi connectivity index (χ4v) is 5.41. The Kier molecular flexibility index (Phi) is 7.59. The van der Waals surface area contributed by atoms with Gasteiger partial charge in [-0.2, -0.15) is 0 Å². The molecule has 0 spiro atoms. The second-order valence-electron chi connectivity index (χ2n) is 8.18. The zero-order valence-electron chi connectivity index (χ0n) is 18.7. The Morgan fingerprint density at radius 2 is 1.87 bits per heavy atom. The van der Waals surface area contributed by atoms with Gasteiger partial charge >= 0.3 is 0 Å². The molecule has 0 radical (unpaired) electrons. The zero-order valence-corrected chi connectivity index (χ0v) is 19.5. The average Bonchev–Trinajstić information content (AvgIpc) is 2.75. The number of fused-ring (bicyclic) bond motifs is 1. The van der Waals surface area contributed by atoms with Crippen molar-refractivity contribution in [3.05, 3.63) is 59.7 Å². The number of hydrogen-bond donors (Lipinski definition) is 1. The fourth-order valence-electron chi connectivity index (χ4n) is 4.20. The molecule has 1 atom stereocenters. The van der Waals surface area contributed by atoms with E-state index < -0.39 is 16.1 Å². The zero-order chi connectivity index (χ0) is 22.4. The first kappa shape index (κ1) is 23.1. The highest BCUT2D eigenvalue weighted by atomic mass is 32.2. The molecule has 3 rings (SSSR count). The first-order valence-corrected chi connectivity index (χ1v) is 12.8. The third kappa shape index (κ3) is 5.79. The number of aryl methyl sites for hydroxylation is 2. The third-order valence-electron chi connectivity index (χ3n) is 5.73. The summed E-state index contributed by atoms with van der Waals surface area (Å²) >= 11 is 0. The summed E-state index contributed by atoms with van der Waals surface area (Å²) in [7, 11) is -3.60. The van der Waals surface area contributed by atoms with Crippen molar-refractivity contribution in [2.45, 2.75) is 45.6 Å². The maximum Gasteiger partial charge on any atom is 0.243 e. The van der Waals surface area contributed by atoms with Crippen LogP contribution in [0, 0.1) is 6.92 Å². The first-order chi connectivity index (χ1) is 14.8. The van der Waals surface area contributed by atoms with E-state index in [0.717, 1.165) is 44.2 Å². The fraction of sp³-hybridized carbons (Fsp3) is 0.458. The standard InChI is InChI=1S/C24H33N3O3S/c1-4-22(27(31(3,29)30)21-14-12-19(2)13-15-21)24(28)25-16-8-18-26-17-7-10-20-9-5-6-11-23(20)26/h5-6,9,11-15,22H,4,7-8,10,16-18H2,1-3H3,(H,25,28)/t22-/m0/s1. The largest absolute Gasteiger partial charge is 0.371 e. The SMILES string of the molecule is CC[C@@H](C(=O)NCCCN1CCCc2ccccc21)N(c1ccc(C)cc1)S(C)(=O)=O. The van der Waals surface area contributed by atoms with E-state index in [1.807, 2.05) is 26.0 Å². The summed E-state index contributed by atoms with van der Waals surface area (Å²) in [6.07, 6.45) is 4.60. The molecule has 2 aromatic carbocycles. The van der Waals surface area contributed by atoms with Crippen molar-refractivity contribution in [1.29, 1.82) is 0 Å². The van der Waals surface area contributed by atoms with E-state index in [0.29, 0.717) is 18.7 Å². The van der Waals surface area contributed by atoms with Gasteiger partial charge < -0.3 is 10.2 Å². The lowest BCUT2D eigenvalue weighted by Gasteiger charge is -2.32. The van der Waals surface area contributed by atoms with Gasteiger partial charge in [0.1, 0.15) is 6.04 Å². The average molecular weight is 444 g/mol. The number of anilines is 2. The minimum atomic E-state index is -3.60. The van der Waals surface area contributed by atoms with Crippen molar-refractivity contribution < 1.29 is 13.2 Å². The number of nitrogens with zero attached hydrogens (tertiary/aromatic N) is 2. The number of benzene rings is 2. The molecule has 0 aromatic heterocycles. The lowest BCUT2D eigenvalue weighted by Crippen LogP contribution is -2.49. The van der Waals surface area contributed by atoms with Crippen LogP contribution in [0.5, 0.6) is 0 Å². The maximum atomic E-state index is 12.9. The van der Waals surface area contributed by atoms with E-state index in [1.165, 1.54) is 15.6 Å². The van der Waals surface area contributed by atoms with Gasteiger partial charge in [-0.15, -0.1) is 0 Å². The molecule has 0 saturated carbocycles. The van der Waals surface area contributed by atoms with Gasteiger partial charge in [0.25, 0.3) is 0 Å². The van der Waals surface area contributed by atoms with Gasteiger partial charge in [-0.05, 0) is 56.4 Å². The molecule has 0 saturated heterocycles. The number of carbonyl (C=O) groups is 1. The topological polar surface area (TPSA) is 69.7 Å². The normalized spacial score (nSPS) is 14.6. The Morgan fingerprint density at radius 3 is 2.55 bits per heavy atom. The molecule has 168 valence electrons. The molecule has 0 fully saturated rings. The van der Waals surface area contributed by atoms with Gasteiger partial charge in [0.15, 0.2) is 0 Å².